The number of aromatic nitrogens is 4. The van der Waals surface area contributed by atoms with E-state index in [9.17, 15) is 37.9 Å². The van der Waals surface area contributed by atoms with Crippen LogP contribution in [0.25, 0.3) is 21.8 Å². The number of phosphoric acid groups is 2. The Labute approximate surface area is 433 Å². The van der Waals surface area contributed by atoms with Gasteiger partial charge in [-0.05, 0) is 24.3 Å². The molecule has 0 unspecified atom stereocenters. The molecule has 0 aliphatic carbocycles. The van der Waals surface area contributed by atoms with Crippen LogP contribution in [0.5, 0.6) is 23.3 Å². The Hall–Kier alpha value is -7.58. The summed E-state index contributed by atoms with van der Waals surface area (Å²) in [7, 11) is -4.33. The molecule has 0 saturated carbocycles. The fraction of sp³-hybridized carbons (Fsp3) is 0.319. The van der Waals surface area contributed by atoms with Gasteiger partial charge < -0.3 is 72.7 Å². The Morgan fingerprint density at radius 1 is 0.513 bits per heavy atom. The van der Waals surface area contributed by atoms with Gasteiger partial charge in [-0.15, -0.1) is 0 Å². The van der Waals surface area contributed by atoms with Gasteiger partial charge in [0, 0.05) is 75.9 Å². The number of pyridine rings is 2. The lowest BCUT2D eigenvalue weighted by Gasteiger charge is -2.34. The smallest absolute Gasteiger partial charge is 0.471 e. The summed E-state index contributed by atoms with van der Waals surface area (Å²) in [5.74, 6) is -3.26. The van der Waals surface area contributed by atoms with Gasteiger partial charge >= 0.3 is 15.6 Å². The van der Waals surface area contributed by atoms with Gasteiger partial charge in [-0.2, -0.15) is 0 Å². The number of nitrogens with zero attached hydrogens (tertiary/aromatic N) is 8. The average molecular weight is 1100 g/mol. The normalized spacial score (nSPS) is 13.7. The molecule has 6 N–H and O–H groups in total. The first kappa shape index (κ1) is 59.3. The van der Waals surface area contributed by atoms with Crippen molar-refractivity contribution in [3.05, 3.63) is 108 Å². The number of Topliss-reactive ketones (excluding diaryl/α,β-unsaturated/α-hetero) is 2. The maximum Gasteiger partial charge on any atom is 0.471 e. The standard InChI is InChI=1S/2C23H25N4O9P.CH4.H2O/c2*1-34-17-12-24-21(35-2)19-18(17)16(13-27(19)14-36-37(31,32)33)20(28)23(30)26-10-8-25(9-11-26)22(29)15-6-4-3-5-7-15;;/h2*3-7,12-13H,8-11,14H2,1-2H3,(H2,31,32,33);1H4;1H2. The number of ketones is 2. The first-order valence-corrected chi connectivity index (χ1v) is 25.3. The lowest BCUT2D eigenvalue weighted by Crippen LogP contribution is -2.52. The fourth-order valence-corrected chi connectivity index (χ4v) is 8.81. The van der Waals surface area contributed by atoms with Crippen LogP contribution in [0, 0.1) is 0 Å². The number of hydrogen-bond donors (Lipinski definition) is 4. The summed E-state index contributed by atoms with van der Waals surface area (Å²) in [6.07, 6.45) is 5.10. The van der Waals surface area contributed by atoms with E-state index in [0.29, 0.717) is 11.1 Å². The molecular weight excluding hydrogens is 1040 g/mol. The van der Waals surface area contributed by atoms with Crippen LogP contribution in [-0.4, -0.2) is 180 Å². The van der Waals surface area contributed by atoms with Gasteiger partial charge in [0.15, 0.2) is 0 Å². The SMILES string of the molecule is C.COc1cnc(OC)c2c1c(C(=O)C(=O)N1CCN(C(=O)c3ccccc3)CC1)cn2COP(=O)(O)O.COc1cnc(OC)c2c1c(C(=O)C(=O)N1CCN(C(=O)c3ccccc3)CC1)cn2COP(=O)(O)O.O. The molecule has 0 atom stereocenters. The van der Waals surface area contributed by atoms with Crippen LogP contribution >= 0.6 is 15.6 Å². The Kier molecular flexibility index (Phi) is 19.7. The zero-order valence-electron chi connectivity index (χ0n) is 40.6. The molecule has 2 aromatic carbocycles. The maximum absolute atomic E-state index is 13.4. The van der Waals surface area contributed by atoms with Crippen LogP contribution in [0.15, 0.2) is 85.5 Å². The van der Waals surface area contributed by atoms with Gasteiger partial charge in [0.2, 0.25) is 11.8 Å². The molecule has 6 aromatic rings. The number of piperazine rings is 2. The Bertz CT molecular complexity index is 2970. The summed E-state index contributed by atoms with van der Waals surface area (Å²) >= 11 is 0. The van der Waals surface area contributed by atoms with Crippen molar-refractivity contribution in [1.29, 1.82) is 0 Å². The first-order chi connectivity index (χ1) is 35.3. The molecule has 2 fully saturated rings. The van der Waals surface area contributed by atoms with Crippen molar-refractivity contribution in [2.45, 2.75) is 20.9 Å². The second-order valence-corrected chi connectivity index (χ2v) is 18.7. The van der Waals surface area contributed by atoms with Crippen LogP contribution in [0.1, 0.15) is 48.9 Å². The second-order valence-electron chi connectivity index (χ2n) is 16.2. The molecule has 2 aliphatic heterocycles. The third kappa shape index (κ3) is 13.3. The van der Waals surface area contributed by atoms with E-state index in [1.807, 2.05) is 12.1 Å². The molecule has 2 aliphatic rings. The highest BCUT2D eigenvalue weighted by atomic mass is 31.2. The number of ether oxygens (including phenoxy) is 4. The molecule has 0 radical (unpaired) electrons. The van der Waals surface area contributed by atoms with Crippen LogP contribution in [0.4, 0.5) is 0 Å². The van der Waals surface area contributed by atoms with Crippen molar-refractivity contribution < 1.29 is 90.9 Å². The highest BCUT2D eigenvalue weighted by Crippen LogP contribution is 2.41. The monoisotopic (exact) mass is 1100 g/mol. The fourth-order valence-electron chi connectivity index (χ4n) is 8.26. The minimum absolute atomic E-state index is 0. The molecule has 0 bridgehead atoms. The van der Waals surface area contributed by atoms with E-state index in [1.54, 1.807) is 58.3 Å². The molecule has 6 heterocycles. The van der Waals surface area contributed by atoms with Gasteiger partial charge in [0.25, 0.3) is 35.2 Å². The summed E-state index contributed by atoms with van der Waals surface area (Å²) in [4.78, 5) is 129. The molecule has 2 saturated heterocycles. The molecule has 76 heavy (non-hydrogen) atoms. The summed E-state index contributed by atoms with van der Waals surface area (Å²) in [6, 6.07) is 17.6. The Morgan fingerprint density at radius 3 is 1.12 bits per heavy atom. The number of benzene rings is 2. The molecule has 0 spiro atoms. The van der Waals surface area contributed by atoms with Crippen molar-refractivity contribution in [3.8, 4) is 23.3 Å². The molecule has 4 amide bonds. The highest BCUT2D eigenvalue weighted by molar-refractivity contribution is 7.46. The summed E-state index contributed by atoms with van der Waals surface area (Å²) in [5, 5.41) is 0.361. The zero-order chi connectivity index (χ0) is 53.5. The average Bonchev–Trinajstić information content (AvgIpc) is 4.00. The summed E-state index contributed by atoms with van der Waals surface area (Å²) in [5.41, 5.74) is 1.25. The molecule has 29 heteroatoms. The van der Waals surface area contributed by atoms with Crippen molar-refractivity contribution in [1.82, 2.24) is 38.7 Å². The van der Waals surface area contributed by atoms with Crippen LogP contribution in [-0.2, 0) is 41.2 Å². The Morgan fingerprint density at radius 2 is 0.829 bits per heavy atom. The van der Waals surface area contributed by atoms with Crippen LogP contribution < -0.4 is 18.9 Å². The number of hydrogen-bond acceptors (Lipinski definition) is 16. The van der Waals surface area contributed by atoms with E-state index < -0.39 is 52.5 Å². The predicted molar refractivity (Wildman–Crippen MR) is 269 cm³/mol. The van der Waals surface area contributed by atoms with E-state index in [2.05, 4.69) is 19.0 Å². The van der Waals surface area contributed by atoms with E-state index in [0.717, 1.165) is 0 Å². The molecular formula is C47H56N8O19P2. The quantitative estimate of drug-likeness (QED) is 0.0614. The maximum atomic E-state index is 13.4. The van der Waals surface area contributed by atoms with Crippen molar-refractivity contribution in [2.24, 2.45) is 0 Å². The highest BCUT2D eigenvalue weighted by Gasteiger charge is 2.35. The number of carbonyl (C=O) groups is 6. The van der Waals surface area contributed by atoms with E-state index in [1.165, 1.54) is 72.2 Å². The predicted octanol–water partition coefficient (Wildman–Crippen LogP) is 2.39. The van der Waals surface area contributed by atoms with Crippen LogP contribution in [0.2, 0.25) is 0 Å². The van der Waals surface area contributed by atoms with Gasteiger partial charge in [-0.3, -0.25) is 37.8 Å². The number of carbonyl (C=O) groups excluding carboxylic acids is 6. The number of methoxy groups -OCH3 is 4. The third-order valence-electron chi connectivity index (χ3n) is 11.8. The van der Waals surface area contributed by atoms with Crippen molar-refractivity contribution in [3.63, 3.8) is 0 Å². The molecule has 27 nitrogen and oxygen atoms in total. The van der Waals surface area contributed by atoms with E-state index in [-0.39, 0.29) is 133 Å². The minimum Gasteiger partial charge on any atom is -0.494 e. The van der Waals surface area contributed by atoms with Gasteiger partial charge in [-0.25, -0.2) is 19.1 Å². The lowest BCUT2D eigenvalue weighted by molar-refractivity contribution is -0.128. The number of phosphoric ester groups is 2. The minimum atomic E-state index is -4.85. The van der Waals surface area contributed by atoms with Crippen molar-refractivity contribution >= 4 is 72.6 Å². The van der Waals surface area contributed by atoms with Gasteiger partial charge in [0.1, 0.15) is 36.0 Å². The van der Waals surface area contributed by atoms with Gasteiger partial charge in [-0.1, -0.05) is 43.8 Å². The Balaban J connectivity index is 0.000000274. The molecule has 4 aromatic heterocycles. The number of fused-ring (bicyclic) bond motifs is 2. The molecule has 408 valence electrons. The topological polar surface area (TPSA) is 353 Å². The van der Waals surface area contributed by atoms with Crippen molar-refractivity contribution in [2.75, 3.05) is 80.8 Å². The zero-order valence-corrected chi connectivity index (χ0v) is 42.4. The van der Waals surface area contributed by atoms with E-state index in [4.69, 9.17) is 38.5 Å². The van der Waals surface area contributed by atoms with Crippen LogP contribution in [0.3, 0.4) is 0 Å². The largest absolute Gasteiger partial charge is 0.494 e. The molecule has 8 rings (SSSR count). The van der Waals surface area contributed by atoms with E-state index >= 15 is 0 Å². The second kappa shape index (κ2) is 25.3. The summed E-state index contributed by atoms with van der Waals surface area (Å²) < 4.78 is 55.3. The lowest BCUT2D eigenvalue weighted by atomic mass is 10.1. The first-order valence-electron chi connectivity index (χ1n) is 22.2. The summed E-state index contributed by atoms with van der Waals surface area (Å²) in [6.45, 7) is 0.364. The number of rotatable bonds is 16. The van der Waals surface area contributed by atoms with Gasteiger partial charge in [0.05, 0.1) is 62.7 Å². The third-order valence-corrected chi connectivity index (χ3v) is 12.7. The number of amides is 4.